The minimum atomic E-state index is 0.566. The zero-order valence-corrected chi connectivity index (χ0v) is 11.1. The van der Waals surface area contributed by atoms with Crippen molar-refractivity contribution in [2.24, 2.45) is 10.8 Å². The summed E-state index contributed by atoms with van der Waals surface area (Å²) in [5.74, 6) is 6.11. The third-order valence-electron chi connectivity index (χ3n) is 2.96. The van der Waals surface area contributed by atoms with Gasteiger partial charge < -0.3 is 5.32 Å². The van der Waals surface area contributed by atoms with E-state index >= 15 is 0 Å². The van der Waals surface area contributed by atoms with Gasteiger partial charge in [0.2, 0.25) is 5.96 Å². The van der Waals surface area contributed by atoms with E-state index in [1.165, 1.54) is 18.5 Å². The molecule has 0 unspecified atom stereocenters. The highest BCUT2D eigenvalue weighted by atomic mass is 15.3. The number of nitrogens with two attached hydrogens (primary N) is 1. The van der Waals surface area contributed by atoms with Crippen LogP contribution in [0, 0.1) is 13.8 Å². The summed E-state index contributed by atoms with van der Waals surface area (Å²) >= 11 is 0. The van der Waals surface area contributed by atoms with Crippen molar-refractivity contribution >= 4 is 5.96 Å². The van der Waals surface area contributed by atoms with Gasteiger partial charge in [-0.15, -0.1) is 0 Å². The third kappa shape index (κ3) is 3.73. The van der Waals surface area contributed by atoms with Crippen LogP contribution >= 0.6 is 0 Å². The lowest BCUT2D eigenvalue weighted by molar-refractivity contribution is 0.567. The van der Waals surface area contributed by atoms with E-state index in [0.29, 0.717) is 12.0 Å². The molecule has 0 amide bonds. The van der Waals surface area contributed by atoms with E-state index in [-0.39, 0.29) is 0 Å². The van der Waals surface area contributed by atoms with Gasteiger partial charge in [-0.25, -0.2) is 5.84 Å². The number of rotatable bonds is 5. The van der Waals surface area contributed by atoms with Crippen LogP contribution in [0.4, 0.5) is 0 Å². The van der Waals surface area contributed by atoms with Gasteiger partial charge in [0.15, 0.2) is 0 Å². The lowest BCUT2D eigenvalue weighted by atomic mass is 10.4. The van der Waals surface area contributed by atoms with Gasteiger partial charge in [-0.2, -0.15) is 5.10 Å². The highest BCUT2D eigenvalue weighted by Crippen LogP contribution is 2.18. The molecule has 1 aliphatic rings. The molecule has 1 heterocycles. The van der Waals surface area contributed by atoms with Gasteiger partial charge in [0.1, 0.15) is 0 Å². The van der Waals surface area contributed by atoms with Crippen molar-refractivity contribution in [1.29, 1.82) is 0 Å². The molecule has 0 saturated heterocycles. The summed E-state index contributed by atoms with van der Waals surface area (Å²) in [5.41, 5.74) is 4.87. The van der Waals surface area contributed by atoms with Crippen molar-refractivity contribution in [2.45, 2.75) is 45.7 Å². The molecular weight excluding hydrogens is 228 g/mol. The van der Waals surface area contributed by atoms with E-state index < -0.39 is 0 Å². The third-order valence-corrected chi connectivity index (χ3v) is 2.96. The van der Waals surface area contributed by atoms with Gasteiger partial charge in [-0.1, -0.05) is 0 Å². The van der Waals surface area contributed by atoms with Gasteiger partial charge in [-0.3, -0.25) is 15.1 Å². The molecule has 0 aromatic carbocycles. The lowest BCUT2D eigenvalue weighted by Crippen LogP contribution is -2.42. The van der Waals surface area contributed by atoms with Crippen molar-refractivity contribution in [3.63, 3.8) is 0 Å². The highest BCUT2D eigenvalue weighted by Gasteiger charge is 2.21. The van der Waals surface area contributed by atoms with Crippen molar-refractivity contribution < 1.29 is 0 Å². The summed E-state index contributed by atoms with van der Waals surface area (Å²) in [4.78, 5) is 4.40. The fourth-order valence-corrected chi connectivity index (χ4v) is 1.87. The van der Waals surface area contributed by atoms with E-state index in [0.717, 1.165) is 25.2 Å². The standard InChI is InChI=1S/C12H22N6/c1-9-8-10(2)18(17-9)7-3-6-14-12(16-13)15-11-4-5-11/h8,11H,3-7,13H2,1-2H3,(H2,14,15,16). The van der Waals surface area contributed by atoms with E-state index in [9.17, 15) is 0 Å². The number of nitrogens with zero attached hydrogens (tertiary/aromatic N) is 3. The molecule has 6 heteroatoms. The Labute approximate surface area is 108 Å². The van der Waals surface area contributed by atoms with Crippen LogP contribution in [-0.4, -0.2) is 28.3 Å². The quantitative estimate of drug-likeness (QED) is 0.233. The van der Waals surface area contributed by atoms with Gasteiger partial charge in [0.25, 0.3) is 0 Å². The lowest BCUT2D eigenvalue weighted by Gasteiger charge is -2.07. The monoisotopic (exact) mass is 250 g/mol. The minimum absolute atomic E-state index is 0.566. The number of aryl methyl sites for hydroxylation is 3. The number of hydrogen-bond donors (Lipinski definition) is 3. The molecule has 6 nitrogen and oxygen atoms in total. The Balaban J connectivity index is 1.73. The van der Waals surface area contributed by atoms with Gasteiger partial charge in [-0.05, 0) is 39.2 Å². The largest absolute Gasteiger partial charge is 0.353 e. The van der Waals surface area contributed by atoms with E-state index in [4.69, 9.17) is 5.84 Å². The summed E-state index contributed by atoms with van der Waals surface area (Å²) in [6.07, 6.45) is 3.39. The summed E-state index contributed by atoms with van der Waals surface area (Å²) in [7, 11) is 0. The smallest absolute Gasteiger partial charge is 0.205 e. The van der Waals surface area contributed by atoms with Gasteiger partial charge in [0, 0.05) is 24.8 Å². The summed E-state index contributed by atoms with van der Waals surface area (Å²) in [6.45, 7) is 5.73. The number of hydrazine groups is 1. The van der Waals surface area contributed by atoms with E-state index in [1.54, 1.807) is 0 Å². The Hall–Kier alpha value is -1.56. The average molecular weight is 250 g/mol. The van der Waals surface area contributed by atoms with Gasteiger partial charge in [0.05, 0.1) is 5.69 Å². The molecule has 1 aromatic heterocycles. The van der Waals surface area contributed by atoms with Crippen molar-refractivity contribution in [2.75, 3.05) is 6.54 Å². The van der Waals surface area contributed by atoms with Crippen LogP contribution in [0.5, 0.6) is 0 Å². The number of aromatic nitrogens is 2. The number of guanidine groups is 1. The predicted octanol–water partition coefficient (Wildman–Crippen LogP) is 0.461. The fourth-order valence-electron chi connectivity index (χ4n) is 1.87. The number of hydrogen-bond acceptors (Lipinski definition) is 3. The maximum Gasteiger partial charge on any atom is 0.205 e. The first-order valence-corrected chi connectivity index (χ1v) is 6.47. The Kier molecular flexibility index (Phi) is 4.19. The highest BCUT2D eigenvalue weighted by molar-refractivity contribution is 5.79. The zero-order valence-electron chi connectivity index (χ0n) is 11.1. The van der Waals surface area contributed by atoms with Crippen LogP contribution in [0.3, 0.4) is 0 Å². The first-order valence-electron chi connectivity index (χ1n) is 6.47. The van der Waals surface area contributed by atoms with Crippen molar-refractivity contribution in [3.8, 4) is 0 Å². The Bertz CT molecular complexity index is 418. The van der Waals surface area contributed by atoms with E-state index in [1.807, 2.05) is 11.6 Å². The molecule has 100 valence electrons. The molecule has 1 aromatic rings. The van der Waals surface area contributed by atoms with Crippen molar-refractivity contribution in [1.82, 2.24) is 20.5 Å². The molecule has 1 aliphatic carbocycles. The number of aliphatic imine (C=N–C) groups is 1. The topological polar surface area (TPSA) is 80.3 Å². The van der Waals surface area contributed by atoms with Gasteiger partial charge >= 0.3 is 0 Å². The second kappa shape index (κ2) is 5.86. The fraction of sp³-hybridized carbons (Fsp3) is 0.667. The second-order valence-corrected chi connectivity index (χ2v) is 4.80. The molecule has 0 bridgehead atoms. The maximum atomic E-state index is 5.41. The Morgan fingerprint density at radius 1 is 1.56 bits per heavy atom. The molecule has 0 atom stereocenters. The molecule has 0 spiro atoms. The summed E-state index contributed by atoms with van der Waals surface area (Å²) < 4.78 is 2.02. The molecule has 1 saturated carbocycles. The SMILES string of the molecule is Cc1cc(C)n(CCCN=C(NN)NC2CC2)n1. The molecular formula is C12H22N6. The number of nitrogens with one attached hydrogen (secondary N) is 2. The Morgan fingerprint density at radius 2 is 2.33 bits per heavy atom. The maximum absolute atomic E-state index is 5.41. The molecule has 0 radical (unpaired) electrons. The van der Waals surface area contributed by atoms with Crippen LogP contribution in [0.1, 0.15) is 30.7 Å². The molecule has 2 rings (SSSR count). The van der Waals surface area contributed by atoms with Crippen LogP contribution in [0.25, 0.3) is 0 Å². The minimum Gasteiger partial charge on any atom is -0.353 e. The molecule has 0 aliphatic heterocycles. The predicted molar refractivity (Wildman–Crippen MR) is 72.1 cm³/mol. The summed E-state index contributed by atoms with van der Waals surface area (Å²) in [5, 5.41) is 7.66. The first kappa shape index (κ1) is 12.9. The van der Waals surface area contributed by atoms with Crippen LogP contribution < -0.4 is 16.6 Å². The van der Waals surface area contributed by atoms with Crippen molar-refractivity contribution in [3.05, 3.63) is 17.5 Å². The normalized spacial score (nSPS) is 15.8. The second-order valence-electron chi connectivity index (χ2n) is 4.80. The molecule has 1 fully saturated rings. The summed E-state index contributed by atoms with van der Waals surface area (Å²) in [6, 6.07) is 2.65. The van der Waals surface area contributed by atoms with Crippen LogP contribution in [-0.2, 0) is 6.54 Å². The molecule has 4 N–H and O–H groups in total. The Morgan fingerprint density at radius 3 is 2.89 bits per heavy atom. The van der Waals surface area contributed by atoms with Crippen LogP contribution in [0.2, 0.25) is 0 Å². The zero-order chi connectivity index (χ0) is 13.0. The average Bonchev–Trinajstić information content (AvgIpc) is 3.09. The van der Waals surface area contributed by atoms with Crippen LogP contribution in [0.15, 0.2) is 11.1 Å². The molecule has 18 heavy (non-hydrogen) atoms. The first-order chi connectivity index (χ1) is 8.69. The van der Waals surface area contributed by atoms with E-state index in [2.05, 4.69) is 33.8 Å².